The average molecular weight is 275 g/mol. The highest BCUT2D eigenvalue weighted by Crippen LogP contribution is 2.26. The van der Waals surface area contributed by atoms with Crippen molar-refractivity contribution in [3.63, 3.8) is 0 Å². The van der Waals surface area contributed by atoms with Gasteiger partial charge in [0.05, 0.1) is 18.1 Å². The van der Waals surface area contributed by atoms with Gasteiger partial charge in [-0.1, -0.05) is 0 Å². The molecule has 1 aliphatic carbocycles. The zero-order valence-electron chi connectivity index (χ0n) is 11.3. The van der Waals surface area contributed by atoms with Crippen LogP contribution in [0, 0.1) is 5.92 Å². The molecule has 0 heterocycles. The van der Waals surface area contributed by atoms with Gasteiger partial charge in [-0.05, 0) is 33.6 Å². The Morgan fingerprint density at radius 3 is 2.16 bits per heavy atom. The molecule has 0 bridgehead atoms. The smallest absolute Gasteiger partial charge is 0.407 e. The first kappa shape index (κ1) is 15.7. The summed E-state index contributed by atoms with van der Waals surface area (Å²) in [5.41, 5.74) is -0.685. The van der Waals surface area contributed by atoms with Gasteiger partial charge in [0.15, 0.2) is 0 Å². The van der Waals surface area contributed by atoms with Gasteiger partial charge >= 0.3 is 12.1 Å². The number of carboxylic acid groups (broad SMARTS) is 1. The van der Waals surface area contributed by atoms with E-state index >= 15 is 0 Å². The van der Waals surface area contributed by atoms with Crippen LogP contribution in [0.3, 0.4) is 0 Å². The van der Waals surface area contributed by atoms with E-state index in [0.717, 1.165) is 0 Å². The van der Waals surface area contributed by atoms with Crippen LogP contribution in [-0.4, -0.2) is 51.2 Å². The Bertz CT molecular complexity index is 351. The van der Waals surface area contributed by atoms with Gasteiger partial charge in [0, 0.05) is 6.04 Å². The molecule has 0 aromatic heterocycles. The predicted octanol–water partition coefficient (Wildman–Crippen LogP) is 0.0961. The Labute approximate surface area is 111 Å². The lowest BCUT2D eigenvalue weighted by Crippen LogP contribution is -2.53. The highest BCUT2D eigenvalue weighted by molar-refractivity contribution is 5.74. The largest absolute Gasteiger partial charge is 0.481 e. The molecule has 1 amide bonds. The number of rotatable bonds is 2. The maximum absolute atomic E-state index is 11.6. The molecule has 7 nitrogen and oxygen atoms in total. The van der Waals surface area contributed by atoms with Crippen LogP contribution in [0.15, 0.2) is 0 Å². The number of carboxylic acids is 1. The summed E-state index contributed by atoms with van der Waals surface area (Å²) >= 11 is 0. The molecule has 4 atom stereocenters. The molecule has 0 aromatic carbocycles. The average Bonchev–Trinajstić information content (AvgIpc) is 2.19. The van der Waals surface area contributed by atoms with E-state index in [1.165, 1.54) is 0 Å². The maximum Gasteiger partial charge on any atom is 0.407 e. The van der Waals surface area contributed by atoms with Gasteiger partial charge in [-0.25, -0.2) is 4.79 Å². The Morgan fingerprint density at radius 1 is 1.16 bits per heavy atom. The first-order chi connectivity index (χ1) is 8.60. The Balaban J connectivity index is 2.68. The SMILES string of the molecule is CC(C)(C)OC(=O)N[C@@H]1C[C@H](O)[C@H](O)C[C@@H]1C(=O)O. The van der Waals surface area contributed by atoms with Crippen LogP contribution < -0.4 is 5.32 Å². The lowest BCUT2D eigenvalue weighted by Gasteiger charge is -2.35. The summed E-state index contributed by atoms with van der Waals surface area (Å²) in [6, 6.07) is -0.759. The zero-order chi connectivity index (χ0) is 14.8. The van der Waals surface area contributed by atoms with Crippen LogP contribution in [0.1, 0.15) is 33.6 Å². The van der Waals surface area contributed by atoms with E-state index < -0.39 is 41.8 Å². The van der Waals surface area contributed by atoms with Gasteiger partial charge in [0.25, 0.3) is 0 Å². The Hall–Kier alpha value is -1.34. The molecular weight excluding hydrogens is 254 g/mol. The van der Waals surface area contributed by atoms with E-state index in [1.807, 2.05) is 0 Å². The standard InChI is InChI=1S/C12H21NO6/c1-12(2,3)19-11(18)13-7-5-9(15)8(14)4-6(7)10(16)17/h6-9,14-15H,4-5H2,1-3H3,(H,13,18)(H,16,17)/t6-,7+,8+,9-/m0/s1. The second kappa shape index (κ2) is 5.75. The van der Waals surface area contributed by atoms with E-state index in [1.54, 1.807) is 20.8 Å². The number of alkyl carbamates (subject to hydrolysis) is 1. The van der Waals surface area contributed by atoms with Gasteiger partial charge in [-0.3, -0.25) is 4.79 Å². The molecule has 1 rings (SSSR count). The molecule has 0 aromatic rings. The third-order valence-corrected chi connectivity index (χ3v) is 2.94. The fourth-order valence-electron chi connectivity index (χ4n) is 2.05. The van der Waals surface area contributed by atoms with Crippen LogP contribution in [0.2, 0.25) is 0 Å². The van der Waals surface area contributed by atoms with Crippen molar-refractivity contribution in [3.8, 4) is 0 Å². The Kier molecular flexibility index (Phi) is 4.75. The normalized spacial score (nSPS) is 31.6. The number of aliphatic carboxylic acids is 1. The molecule has 4 N–H and O–H groups in total. The van der Waals surface area contributed by atoms with E-state index in [-0.39, 0.29) is 12.8 Å². The van der Waals surface area contributed by atoms with Gasteiger partial charge in [0.2, 0.25) is 0 Å². The molecule has 0 unspecified atom stereocenters. The molecule has 0 spiro atoms. The summed E-state index contributed by atoms with van der Waals surface area (Å²) in [6.45, 7) is 5.09. The highest BCUT2D eigenvalue weighted by atomic mass is 16.6. The van der Waals surface area contributed by atoms with Crippen molar-refractivity contribution in [2.45, 2.75) is 57.5 Å². The molecule has 1 aliphatic rings. The molecule has 7 heteroatoms. The van der Waals surface area contributed by atoms with Crippen molar-refractivity contribution in [1.82, 2.24) is 5.32 Å². The van der Waals surface area contributed by atoms with E-state index in [0.29, 0.717) is 0 Å². The van der Waals surface area contributed by atoms with Crippen molar-refractivity contribution in [3.05, 3.63) is 0 Å². The van der Waals surface area contributed by atoms with Crippen molar-refractivity contribution < 1.29 is 29.6 Å². The first-order valence-corrected chi connectivity index (χ1v) is 6.18. The number of carbonyl (C=O) groups is 2. The van der Waals surface area contributed by atoms with Crippen molar-refractivity contribution >= 4 is 12.1 Å². The van der Waals surface area contributed by atoms with Gasteiger partial charge in [0.1, 0.15) is 5.60 Å². The molecule has 19 heavy (non-hydrogen) atoms. The van der Waals surface area contributed by atoms with Gasteiger partial charge in [-0.2, -0.15) is 0 Å². The minimum Gasteiger partial charge on any atom is -0.481 e. The van der Waals surface area contributed by atoms with Crippen LogP contribution in [0.25, 0.3) is 0 Å². The summed E-state index contributed by atoms with van der Waals surface area (Å²) in [5, 5.41) is 30.6. The number of aliphatic hydroxyl groups excluding tert-OH is 2. The molecule has 110 valence electrons. The number of aliphatic hydroxyl groups is 2. The summed E-state index contributed by atoms with van der Waals surface area (Å²) in [7, 11) is 0. The van der Waals surface area contributed by atoms with E-state index in [9.17, 15) is 19.8 Å². The minimum absolute atomic E-state index is 0.0165. The quantitative estimate of drug-likeness (QED) is 0.568. The van der Waals surface area contributed by atoms with Gasteiger partial charge in [-0.15, -0.1) is 0 Å². The van der Waals surface area contributed by atoms with E-state index in [2.05, 4.69) is 5.32 Å². The predicted molar refractivity (Wildman–Crippen MR) is 65.5 cm³/mol. The molecule has 1 saturated carbocycles. The lowest BCUT2D eigenvalue weighted by molar-refractivity contribution is -0.147. The molecule has 0 aliphatic heterocycles. The van der Waals surface area contributed by atoms with Crippen molar-refractivity contribution in [2.75, 3.05) is 0 Å². The number of hydrogen-bond donors (Lipinski definition) is 4. The zero-order valence-corrected chi connectivity index (χ0v) is 11.3. The number of amides is 1. The number of carbonyl (C=O) groups excluding carboxylic acids is 1. The summed E-state index contributed by atoms with van der Waals surface area (Å²) in [5.74, 6) is -2.06. The van der Waals surface area contributed by atoms with Crippen LogP contribution in [0.4, 0.5) is 4.79 Å². The molecule has 0 radical (unpaired) electrons. The summed E-state index contributed by atoms with van der Waals surface area (Å²) < 4.78 is 5.04. The Morgan fingerprint density at radius 2 is 1.68 bits per heavy atom. The maximum atomic E-state index is 11.6. The number of hydrogen-bond acceptors (Lipinski definition) is 5. The fourth-order valence-corrected chi connectivity index (χ4v) is 2.05. The monoisotopic (exact) mass is 275 g/mol. The van der Waals surface area contributed by atoms with Crippen LogP contribution in [-0.2, 0) is 9.53 Å². The van der Waals surface area contributed by atoms with Crippen molar-refractivity contribution in [1.29, 1.82) is 0 Å². The number of nitrogens with one attached hydrogen (secondary N) is 1. The van der Waals surface area contributed by atoms with Crippen LogP contribution in [0.5, 0.6) is 0 Å². The van der Waals surface area contributed by atoms with E-state index in [4.69, 9.17) is 9.84 Å². The topological polar surface area (TPSA) is 116 Å². The highest BCUT2D eigenvalue weighted by Gasteiger charge is 2.40. The second-order valence-corrected chi connectivity index (χ2v) is 5.80. The summed E-state index contributed by atoms with van der Waals surface area (Å²) in [6.07, 6.45) is -2.98. The lowest BCUT2D eigenvalue weighted by atomic mass is 9.81. The number of ether oxygens (including phenoxy) is 1. The van der Waals surface area contributed by atoms with Crippen molar-refractivity contribution in [2.24, 2.45) is 5.92 Å². The van der Waals surface area contributed by atoms with Gasteiger partial charge < -0.3 is 25.4 Å². The third-order valence-electron chi connectivity index (χ3n) is 2.94. The van der Waals surface area contributed by atoms with Crippen LogP contribution >= 0.6 is 0 Å². The second-order valence-electron chi connectivity index (χ2n) is 5.80. The molecule has 1 fully saturated rings. The fraction of sp³-hybridized carbons (Fsp3) is 0.833. The summed E-state index contributed by atoms with van der Waals surface area (Å²) in [4.78, 5) is 22.7. The molecule has 0 saturated heterocycles. The third kappa shape index (κ3) is 4.68. The molecular formula is C12H21NO6. The first-order valence-electron chi connectivity index (χ1n) is 6.18. The minimum atomic E-state index is -1.12.